The van der Waals surface area contributed by atoms with E-state index in [9.17, 15) is 0 Å². The predicted molar refractivity (Wildman–Crippen MR) is 81.9 cm³/mol. The van der Waals surface area contributed by atoms with Crippen molar-refractivity contribution >= 4 is 6.94 Å². The Morgan fingerprint density at radius 2 is 1.33 bits per heavy atom. The molecule has 3 rings (SSSR count). The summed E-state index contributed by atoms with van der Waals surface area (Å²) in [6.45, 7) is 2.00. The van der Waals surface area contributed by atoms with Crippen LogP contribution in [0.15, 0.2) is 84.9 Å². The molecule has 3 aromatic carbocycles. The van der Waals surface area contributed by atoms with Gasteiger partial charge >= 0.3 is 29.9 Å². The van der Waals surface area contributed by atoms with Crippen LogP contribution in [0.2, 0.25) is 0 Å². The van der Waals surface area contributed by atoms with Crippen molar-refractivity contribution < 1.29 is 47.8 Å². The molecule has 21 heavy (non-hydrogen) atoms. The van der Waals surface area contributed by atoms with E-state index in [0.717, 1.165) is 6.42 Å². The van der Waals surface area contributed by atoms with Crippen LogP contribution in [-0.4, -0.2) is 6.94 Å². The Labute approximate surface area is 156 Å². The molecule has 0 heterocycles. The third kappa shape index (κ3) is 10.9. The smallest absolute Gasteiger partial charge is 0.0485 e. The molecule has 0 bridgehead atoms. The minimum Gasteiger partial charge on any atom is -0.214 e. The minimum absolute atomic E-state index is 0. The first-order valence-electron chi connectivity index (χ1n) is 6.22. The van der Waals surface area contributed by atoms with E-state index in [1.165, 1.54) is 34.1 Å². The van der Waals surface area contributed by atoms with Crippen LogP contribution in [0.1, 0.15) is 11.1 Å². The first kappa shape index (κ1) is 22.9. The molecule has 3 aromatic rings. The Morgan fingerprint density at radius 1 is 0.810 bits per heavy atom. The summed E-state index contributed by atoms with van der Waals surface area (Å²) in [5, 5.41) is 0. The van der Waals surface area contributed by atoms with Crippen molar-refractivity contribution in [1.82, 2.24) is 0 Å². The summed E-state index contributed by atoms with van der Waals surface area (Å²) in [4.78, 5) is 0. The minimum atomic E-state index is 0. The summed E-state index contributed by atoms with van der Waals surface area (Å²) in [5.41, 5.74) is 2.77. The van der Waals surface area contributed by atoms with E-state index in [1.54, 1.807) is 0 Å². The maximum atomic E-state index is 2.16. The van der Waals surface area contributed by atoms with Gasteiger partial charge in [-0.1, -0.05) is 35.9 Å². The Hall–Kier alpha value is -0.413. The zero-order chi connectivity index (χ0) is 13.8. The number of halogens is 2. The van der Waals surface area contributed by atoms with Crippen molar-refractivity contribution in [3.05, 3.63) is 96.1 Å². The summed E-state index contributed by atoms with van der Waals surface area (Å²) in [6, 6.07) is 29.0. The van der Waals surface area contributed by atoms with Crippen LogP contribution in [0.5, 0.6) is 0 Å². The van der Waals surface area contributed by atoms with E-state index in [0.29, 0.717) is 0 Å². The molecule has 0 nitrogen and oxygen atoms in total. The van der Waals surface area contributed by atoms with Gasteiger partial charge < -0.3 is 24.8 Å². The number of hydrogen-bond acceptors (Lipinski definition) is 0. The van der Waals surface area contributed by atoms with Crippen LogP contribution in [0, 0.1) is 0 Å². The molecule has 110 valence electrons. The van der Waals surface area contributed by atoms with Crippen molar-refractivity contribution in [3.63, 3.8) is 0 Å². The number of rotatable bonds is 2. The fourth-order valence-electron chi connectivity index (χ4n) is 1.68. The summed E-state index contributed by atoms with van der Waals surface area (Å²) >= 11 is 1.33. The van der Waals surface area contributed by atoms with E-state index in [2.05, 4.69) is 54.6 Å². The van der Waals surface area contributed by atoms with Crippen LogP contribution in [0.25, 0.3) is 0 Å². The molecular weight excluding hydrogens is 482 g/mol. The average Bonchev–Trinajstić information content (AvgIpc) is 3.18. The predicted octanol–water partition coefficient (Wildman–Crippen LogP) is -2.51. The molecule has 0 radical (unpaired) electrons. The van der Waals surface area contributed by atoms with Crippen LogP contribution in [0.4, 0.5) is 0 Å². The summed E-state index contributed by atoms with van der Waals surface area (Å²) in [7, 11) is 0. The van der Waals surface area contributed by atoms with Gasteiger partial charge in [0, 0.05) is 0 Å². The standard InChI is InChI=1S/C12H11.C5H5.2ClH.Hf.H2Si/c1-2-6-11(7-3-1)10-12-8-4-5-9-12;1-2-4-5-3-1;;;;/h1-9H,10H2;1-5H;2*1H;;1H2/q2*-1;;;+2;/p-2. The molecule has 0 aliphatic rings. The van der Waals surface area contributed by atoms with Gasteiger partial charge in [-0.05, 0) is 6.42 Å². The van der Waals surface area contributed by atoms with Crippen LogP contribution < -0.4 is 24.8 Å². The zero-order valence-electron chi connectivity index (χ0n) is 11.8. The zero-order valence-corrected chi connectivity index (χ0v) is 18.3. The average molecular weight is 500 g/mol. The summed E-state index contributed by atoms with van der Waals surface area (Å²) < 4.78 is 0. The van der Waals surface area contributed by atoms with E-state index in [4.69, 9.17) is 0 Å². The van der Waals surface area contributed by atoms with Gasteiger partial charge in [0.2, 0.25) is 0 Å². The molecule has 0 aromatic heterocycles. The number of hydrogen-bond donors (Lipinski definition) is 0. The van der Waals surface area contributed by atoms with Crippen LogP contribution >= 0.6 is 0 Å². The maximum absolute atomic E-state index is 2.16. The van der Waals surface area contributed by atoms with Gasteiger partial charge in [0.05, 0.1) is 0 Å². The second-order valence-corrected chi connectivity index (χ2v) is 3.92. The Morgan fingerprint density at radius 3 is 1.76 bits per heavy atom. The van der Waals surface area contributed by atoms with Crippen LogP contribution in [0.3, 0.4) is 0 Å². The molecule has 4 heteroatoms. The molecular formula is C17H18Cl2HfSi-2. The normalized spacial score (nSPS) is 7.90. The van der Waals surface area contributed by atoms with Gasteiger partial charge in [-0.15, -0.1) is 0 Å². The molecule has 0 amide bonds. The van der Waals surface area contributed by atoms with E-state index < -0.39 is 0 Å². The monoisotopic (exact) mass is 500 g/mol. The Kier molecular flexibility index (Phi) is 17.4. The molecule has 0 aliphatic carbocycles. The summed E-state index contributed by atoms with van der Waals surface area (Å²) in [5.74, 6) is 0. The molecule has 0 saturated heterocycles. The molecule has 0 atom stereocenters. The topological polar surface area (TPSA) is 0 Å². The largest absolute Gasteiger partial charge is 0.214 e. The fourth-order valence-corrected chi connectivity index (χ4v) is 1.68. The second-order valence-electron chi connectivity index (χ2n) is 3.92. The van der Waals surface area contributed by atoms with E-state index in [-0.39, 0.29) is 24.8 Å². The Balaban J connectivity index is 0. The third-order valence-corrected chi connectivity index (χ3v) is 2.54. The quantitative estimate of drug-likeness (QED) is 0.270. The maximum Gasteiger partial charge on any atom is -0.0485 e. The molecule has 0 saturated carbocycles. The summed E-state index contributed by atoms with van der Waals surface area (Å²) in [6.07, 6.45) is 1.05. The van der Waals surface area contributed by atoms with E-state index in [1.807, 2.05) is 37.3 Å². The molecule has 0 unspecified atom stereocenters. The second kappa shape index (κ2) is 16.0. The van der Waals surface area contributed by atoms with Crippen molar-refractivity contribution in [2.24, 2.45) is 0 Å². The van der Waals surface area contributed by atoms with Crippen molar-refractivity contribution in [2.75, 3.05) is 0 Å². The van der Waals surface area contributed by atoms with Crippen molar-refractivity contribution in [2.45, 2.75) is 6.42 Å². The number of benzene rings is 1. The van der Waals surface area contributed by atoms with Gasteiger partial charge in [0.1, 0.15) is 0 Å². The molecule has 0 aliphatic heterocycles. The van der Waals surface area contributed by atoms with Gasteiger partial charge in [0.25, 0.3) is 0 Å². The van der Waals surface area contributed by atoms with Crippen molar-refractivity contribution in [3.8, 4) is 0 Å². The van der Waals surface area contributed by atoms with Gasteiger partial charge in [-0.3, -0.25) is 0 Å². The van der Waals surface area contributed by atoms with Gasteiger partial charge in [-0.2, -0.15) is 35.9 Å². The van der Waals surface area contributed by atoms with Crippen molar-refractivity contribution in [1.29, 1.82) is 0 Å². The fraction of sp³-hybridized carbons (Fsp3) is 0.0588. The first-order chi connectivity index (χ1) is 9.45. The SMILES string of the molecule is [Cl-].[Cl-].[SiH2]=[Hf+2].c1cc[cH-]c1.c1ccc(C[c-]2cccc2)cc1. The van der Waals surface area contributed by atoms with Gasteiger partial charge in [0.15, 0.2) is 0 Å². The van der Waals surface area contributed by atoms with Crippen LogP contribution in [-0.2, 0) is 29.4 Å². The molecule has 0 N–H and O–H groups in total. The Bertz CT molecular complexity index is 490. The van der Waals surface area contributed by atoms with E-state index >= 15 is 0 Å². The molecule has 0 fully saturated rings. The third-order valence-electron chi connectivity index (χ3n) is 2.54. The molecule has 0 spiro atoms. The first-order valence-corrected chi connectivity index (χ1v) is 14.5. The van der Waals surface area contributed by atoms with Gasteiger partial charge in [-0.25, -0.2) is 24.3 Å².